The first-order valence-electron chi connectivity index (χ1n) is 23.7. The number of hydrogen-bond donors (Lipinski definition) is 4. The van der Waals surface area contributed by atoms with Crippen LogP contribution in [0.4, 0.5) is 8.78 Å². The lowest BCUT2D eigenvalue weighted by Crippen LogP contribution is -2.37. The number of carboxylic acid groups (broad SMARTS) is 1. The number of nitrogens with one attached hydrogen (secondary N) is 2. The summed E-state index contributed by atoms with van der Waals surface area (Å²) in [5.41, 5.74) is -0.0549. The first-order valence-corrected chi connectivity index (χ1v) is 23.7. The molecule has 19 nitrogen and oxygen atoms in total. The van der Waals surface area contributed by atoms with E-state index in [2.05, 4.69) is 26.7 Å². The molecule has 3 aliphatic rings. The topological polar surface area (TPSA) is 263 Å². The summed E-state index contributed by atoms with van der Waals surface area (Å²) in [6.45, 7) is 4.96. The molecule has 0 bridgehead atoms. The lowest BCUT2D eigenvalue weighted by molar-refractivity contribution is -0.135. The number of carbonyl (C=O) groups is 4. The SMILES string of the molecule is CC(C)(C#N)CNC(=O)C1=Cn2c(=O)c(C(=O)NC3CC3)c(O)c3ncc(Cc4ccc(F)cc4)c(c32)O1.CCOC(=O)c1c(OCc2ccccc2)c2ncc(Cc3ccc(F)cc3)c3c2n(c1=O)C=C(C(=O)O)O3. The van der Waals surface area contributed by atoms with E-state index in [0.717, 1.165) is 39.9 Å². The number of nitriles is 1. The van der Waals surface area contributed by atoms with E-state index in [-0.39, 0.29) is 83.7 Å². The molecule has 386 valence electrons. The summed E-state index contributed by atoms with van der Waals surface area (Å²) in [5.74, 6) is -5.88. The van der Waals surface area contributed by atoms with Gasteiger partial charge in [-0.15, -0.1) is 0 Å². The van der Waals surface area contributed by atoms with E-state index >= 15 is 0 Å². The summed E-state index contributed by atoms with van der Waals surface area (Å²) in [7, 11) is 0. The van der Waals surface area contributed by atoms with E-state index in [9.17, 15) is 53.0 Å². The maximum atomic E-state index is 13.6. The Morgan fingerprint density at radius 2 is 1.32 bits per heavy atom. The third-order valence-corrected chi connectivity index (χ3v) is 12.2. The number of hydrogen-bond acceptors (Lipinski definition) is 14. The Kier molecular flexibility index (Phi) is 14.2. The zero-order chi connectivity index (χ0) is 54.0. The highest BCUT2D eigenvalue weighted by Crippen LogP contribution is 2.41. The van der Waals surface area contributed by atoms with Crippen LogP contribution >= 0.6 is 0 Å². The van der Waals surface area contributed by atoms with Crippen LogP contribution in [0.5, 0.6) is 23.0 Å². The van der Waals surface area contributed by atoms with E-state index in [4.69, 9.17) is 18.9 Å². The number of esters is 1. The molecule has 1 saturated carbocycles. The lowest BCUT2D eigenvalue weighted by atomic mass is 9.96. The zero-order valence-corrected chi connectivity index (χ0v) is 40.8. The summed E-state index contributed by atoms with van der Waals surface area (Å²) < 4.78 is 51.8. The highest BCUT2D eigenvalue weighted by Gasteiger charge is 2.35. The van der Waals surface area contributed by atoms with Gasteiger partial charge in [0.05, 0.1) is 30.5 Å². The number of aromatic hydroxyl groups is 1. The Hall–Kier alpha value is -9.71. The molecule has 10 rings (SSSR count). The fraction of sp³-hybridized carbons (Fsp3) is 0.218. The predicted molar refractivity (Wildman–Crippen MR) is 269 cm³/mol. The second kappa shape index (κ2) is 21.0. The molecule has 2 aliphatic heterocycles. The van der Waals surface area contributed by atoms with Crippen LogP contribution in [0.3, 0.4) is 0 Å². The molecule has 76 heavy (non-hydrogen) atoms. The number of nitrogens with zero attached hydrogens (tertiary/aromatic N) is 5. The maximum absolute atomic E-state index is 13.6. The van der Waals surface area contributed by atoms with Crippen LogP contribution in [-0.2, 0) is 33.8 Å². The highest BCUT2D eigenvalue weighted by molar-refractivity contribution is 6.05. The van der Waals surface area contributed by atoms with Crippen LogP contribution in [0.2, 0.25) is 0 Å². The molecule has 1 fully saturated rings. The molecule has 3 aromatic carbocycles. The normalized spacial score (nSPS) is 13.2. The summed E-state index contributed by atoms with van der Waals surface area (Å²) in [4.78, 5) is 86.6. The molecular weight excluding hydrogens is 989 g/mol. The van der Waals surface area contributed by atoms with Crippen LogP contribution in [0.25, 0.3) is 34.5 Å². The van der Waals surface area contributed by atoms with E-state index < -0.39 is 74.6 Å². The molecule has 0 atom stereocenters. The van der Waals surface area contributed by atoms with Crippen molar-refractivity contribution in [2.24, 2.45) is 5.41 Å². The second-order valence-electron chi connectivity index (χ2n) is 18.4. The van der Waals surface area contributed by atoms with Gasteiger partial charge in [0, 0.05) is 48.9 Å². The lowest BCUT2D eigenvalue weighted by Gasteiger charge is -2.23. The number of aromatic nitrogens is 4. The summed E-state index contributed by atoms with van der Waals surface area (Å²) in [6, 6.07) is 22.7. The standard InChI is InChI=1S/C28H21FN2O7.C27H24FN5O5/c1-2-36-28(35)21-25(37-15-17-6-4-3-5-7-17)22-23-24(38-20(27(33)34)14-31(23)26(21)32)18(13-30-22)12-16-8-10-19(29)11-9-16;1-27(2,12-29)13-31-24(35)18-11-33-21-20(22(34)19(26(33)37)25(36)32-17-7-8-17)30-10-15(23(21)38-18)9-14-3-5-16(28)6-4-14/h3-11,13-14H,2,12,15H2,1H3,(H,33,34);3-6,10-11,17,34H,7-9,13H2,1-2H3,(H,31,35)(H,32,36). The first kappa shape index (κ1) is 51.2. The maximum Gasteiger partial charge on any atom is 0.373 e. The molecule has 4 aromatic heterocycles. The molecule has 1 aliphatic carbocycles. The molecule has 6 heterocycles. The molecule has 21 heteroatoms. The van der Waals surface area contributed by atoms with Gasteiger partial charge < -0.3 is 39.8 Å². The number of halogens is 2. The van der Waals surface area contributed by atoms with Gasteiger partial charge >= 0.3 is 11.9 Å². The van der Waals surface area contributed by atoms with Crippen molar-refractivity contribution in [3.63, 3.8) is 0 Å². The fourth-order valence-electron chi connectivity index (χ4n) is 8.16. The van der Waals surface area contributed by atoms with Gasteiger partial charge in [0.25, 0.3) is 22.9 Å². The third kappa shape index (κ3) is 10.5. The average molecular weight is 1030 g/mol. The van der Waals surface area contributed by atoms with Gasteiger partial charge in [-0.1, -0.05) is 54.6 Å². The van der Waals surface area contributed by atoms with E-state index in [1.165, 1.54) is 36.7 Å². The number of ether oxygens (including phenoxy) is 4. The van der Waals surface area contributed by atoms with Gasteiger partial charge in [-0.2, -0.15) is 5.26 Å². The molecule has 0 spiro atoms. The van der Waals surface area contributed by atoms with Gasteiger partial charge in [0.2, 0.25) is 11.5 Å². The quantitative estimate of drug-likeness (QED) is 0.0775. The number of carbonyl (C=O) groups excluding carboxylic acids is 3. The highest BCUT2D eigenvalue weighted by atomic mass is 19.1. The van der Waals surface area contributed by atoms with Crippen molar-refractivity contribution in [2.45, 2.75) is 59.1 Å². The molecule has 7 aromatic rings. The van der Waals surface area contributed by atoms with Crippen LogP contribution in [0.1, 0.15) is 82.1 Å². The van der Waals surface area contributed by atoms with Crippen LogP contribution in [-0.4, -0.2) is 72.3 Å². The van der Waals surface area contributed by atoms with Crippen LogP contribution in [0.15, 0.2) is 112 Å². The molecule has 0 unspecified atom stereocenters. The van der Waals surface area contributed by atoms with Crippen molar-refractivity contribution >= 4 is 58.2 Å². The average Bonchev–Trinajstić information content (AvgIpc) is 4.24. The van der Waals surface area contributed by atoms with E-state index in [1.54, 1.807) is 45.0 Å². The smallest absolute Gasteiger partial charge is 0.373 e. The Morgan fingerprint density at radius 1 is 0.776 bits per heavy atom. The van der Waals surface area contributed by atoms with Gasteiger partial charge in [0.1, 0.15) is 45.9 Å². The molecule has 4 N–H and O–H groups in total. The summed E-state index contributed by atoms with van der Waals surface area (Å²) in [5, 5.41) is 35.2. The number of rotatable bonds is 15. The minimum absolute atomic E-state index is 0.00302. The number of benzene rings is 3. The van der Waals surface area contributed by atoms with E-state index in [1.807, 2.05) is 30.3 Å². The van der Waals surface area contributed by atoms with Crippen molar-refractivity contribution in [1.29, 1.82) is 5.26 Å². The molecule has 0 radical (unpaired) electrons. The molecular formula is C55H45F2N7O12. The Labute approximate surface area is 429 Å². The van der Waals surface area contributed by atoms with Gasteiger partial charge in [-0.3, -0.25) is 38.3 Å². The van der Waals surface area contributed by atoms with E-state index in [0.29, 0.717) is 22.3 Å². The monoisotopic (exact) mass is 1030 g/mol. The van der Waals surface area contributed by atoms with Crippen molar-refractivity contribution in [3.8, 4) is 29.1 Å². The van der Waals surface area contributed by atoms with Crippen molar-refractivity contribution < 1.29 is 57.1 Å². The largest absolute Gasteiger partial charge is 0.505 e. The van der Waals surface area contributed by atoms with Crippen LogP contribution < -0.4 is 36.0 Å². The van der Waals surface area contributed by atoms with Crippen LogP contribution in [0, 0.1) is 28.4 Å². The minimum atomic E-state index is -1.41. The number of amides is 2. The second-order valence-corrected chi connectivity index (χ2v) is 18.4. The number of aliphatic carboxylic acids is 1. The Bertz CT molecular complexity index is 3750. The van der Waals surface area contributed by atoms with Gasteiger partial charge in [0.15, 0.2) is 28.6 Å². The fourth-order valence-corrected chi connectivity index (χ4v) is 8.16. The van der Waals surface area contributed by atoms with Gasteiger partial charge in [-0.05, 0) is 74.6 Å². The van der Waals surface area contributed by atoms with Gasteiger partial charge in [-0.25, -0.2) is 18.4 Å². The van der Waals surface area contributed by atoms with Crippen molar-refractivity contribution in [2.75, 3.05) is 13.2 Å². The molecule has 0 saturated heterocycles. The Balaban J connectivity index is 0.000000186. The van der Waals surface area contributed by atoms with Crippen molar-refractivity contribution in [3.05, 3.63) is 174 Å². The zero-order valence-electron chi connectivity index (χ0n) is 40.8. The Morgan fingerprint density at radius 3 is 1.87 bits per heavy atom. The third-order valence-electron chi connectivity index (χ3n) is 12.2. The summed E-state index contributed by atoms with van der Waals surface area (Å²) >= 11 is 0. The minimum Gasteiger partial charge on any atom is -0.505 e. The number of pyridine rings is 4. The van der Waals surface area contributed by atoms with Crippen molar-refractivity contribution in [1.82, 2.24) is 29.7 Å². The summed E-state index contributed by atoms with van der Waals surface area (Å²) in [6.07, 6.45) is 6.98. The predicted octanol–water partition coefficient (Wildman–Crippen LogP) is 6.74. The number of carboxylic acids is 1. The molecule has 2 amide bonds. The first-order chi connectivity index (χ1) is 36.4.